The van der Waals surface area contributed by atoms with Gasteiger partial charge in [-0.05, 0) is 23.8 Å². The van der Waals surface area contributed by atoms with Gasteiger partial charge in [-0.1, -0.05) is 12.1 Å². The second-order valence-electron chi connectivity index (χ2n) is 5.90. The van der Waals surface area contributed by atoms with Crippen LogP contribution in [0.5, 0.6) is 0 Å². The minimum Gasteiger partial charge on any atom is -0.374 e. The zero-order valence-corrected chi connectivity index (χ0v) is 13.2. The molecule has 0 radical (unpaired) electrons. The number of Topliss-reactive ketones (excluding diaryl/α,β-unsaturated/α-hetero) is 1. The summed E-state index contributed by atoms with van der Waals surface area (Å²) in [7, 11) is 1.72. The maximum Gasteiger partial charge on any atom is 0.204 e. The van der Waals surface area contributed by atoms with E-state index in [2.05, 4.69) is 15.0 Å². The molecule has 0 aliphatic carbocycles. The minimum absolute atomic E-state index is 0.307. The number of nitrogens with zero attached hydrogens (tertiary/aromatic N) is 4. The molecule has 6 heteroatoms. The summed E-state index contributed by atoms with van der Waals surface area (Å²) in [5, 5.41) is 11.0. The number of anilines is 1. The molecular weight excluding hydrogens is 304 g/mol. The molecule has 1 saturated heterocycles. The minimum atomic E-state index is -1.57. The van der Waals surface area contributed by atoms with E-state index < -0.39 is 5.60 Å². The van der Waals surface area contributed by atoms with E-state index in [0.29, 0.717) is 30.1 Å². The van der Waals surface area contributed by atoms with Gasteiger partial charge in [0.1, 0.15) is 5.84 Å². The van der Waals surface area contributed by atoms with Crippen molar-refractivity contribution in [1.82, 2.24) is 4.98 Å². The summed E-state index contributed by atoms with van der Waals surface area (Å²) >= 11 is 0. The van der Waals surface area contributed by atoms with Gasteiger partial charge in [-0.25, -0.2) is 4.99 Å². The van der Waals surface area contributed by atoms with Gasteiger partial charge in [0.15, 0.2) is 5.60 Å². The Balaban J connectivity index is 1.82. The van der Waals surface area contributed by atoms with Crippen LogP contribution in [0.15, 0.2) is 52.7 Å². The highest BCUT2D eigenvalue weighted by molar-refractivity contribution is 6.28. The van der Waals surface area contributed by atoms with Crippen LogP contribution < -0.4 is 4.90 Å². The normalized spacial score (nSPS) is 22.5. The predicted octanol–water partition coefficient (Wildman–Crippen LogP) is 2.00. The predicted molar refractivity (Wildman–Crippen MR) is 92.5 cm³/mol. The standard InChI is InChI=1S/C18H16N4O2/c1-19-10-12-3-2-4-13(9-12)22-8-6-18(24)16(23)14-5-7-20-11-15(14)21-17(18)22/h2-5,7,9-11,24H,6,8H2,1H3/b19-10+. The van der Waals surface area contributed by atoms with Gasteiger partial charge < -0.3 is 10.0 Å². The number of aromatic nitrogens is 1. The third-order valence-corrected chi connectivity index (χ3v) is 4.43. The van der Waals surface area contributed by atoms with Crippen LogP contribution >= 0.6 is 0 Å². The highest BCUT2D eigenvalue weighted by Gasteiger charge is 2.52. The molecule has 3 heterocycles. The second kappa shape index (κ2) is 5.35. The zero-order valence-electron chi connectivity index (χ0n) is 13.2. The van der Waals surface area contributed by atoms with Gasteiger partial charge in [0.2, 0.25) is 5.78 Å². The van der Waals surface area contributed by atoms with Crippen molar-refractivity contribution in [2.24, 2.45) is 9.98 Å². The van der Waals surface area contributed by atoms with Gasteiger partial charge in [0.25, 0.3) is 0 Å². The molecule has 4 rings (SSSR count). The van der Waals surface area contributed by atoms with Gasteiger partial charge in [0, 0.05) is 38.1 Å². The summed E-state index contributed by atoms with van der Waals surface area (Å²) in [5.41, 5.74) is 1.19. The van der Waals surface area contributed by atoms with Crippen molar-refractivity contribution < 1.29 is 9.90 Å². The van der Waals surface area contributed by atoms with Crippen LogP contribution in [0, 0.1) is 0 Å². The summed E-state index contributed by atoms with van der Waals surface area (Å²) in [6, 6.07) is 9.38. The third-order valence-electron chi connectivity index (χ3n) is 4.43. The lowest BCUT2D eigenvalue weighted by atomic mass is 9.88. The number of ketones is 1. The SMILES string of the molecule is C/N=C/c1cccc(N2CCC3(O)C(=O)c4ccncc4N=C23)c1. The maximum atomic E-state index is 12.8. The quantitative estimate of drug-likeness (QED) is 0.859. The lowest BCUT2D eigenvalue weighted by Gasteiger charge is -2.29. The third kappa shape index (κ3) is 2.07. The molecule has 1 atom stereocenters. The van der Waals surface area contributed by atoms with Crippen molar-refractivity contribution >= 4 is 29.2 Å². The largest absolute Gasteiger partial charge is 0.374 e. The van der Waals surface area contributed by atoms with Crippen LogP contribution in [0.2, 0.25) is 0 Å². The number of pyridine rings is 1. The smallest absolute Gasteiger partial charge is 0.204 e. The zero-order chi connectivity index (χ0) is 16.7. The molecule has 1 unspecified atom stereocenters. The first-order valence-electron chi connectivity index (χ1n) is 7.73. The lowest BCUT2D eigenvalue weighted by molar-refractivity contribution is 0.0602. The molecule has 2 aromatic rings. The number of rotatable bonds is 2. The van der Waals surface area contributed by atoms with Crippen molar-refractivity contribution in [3.63, 3.8) is 0 Å². The fourth-order valence-corrected chi connectivity index (χ4v) is 3.26. The number of aliphatic imine (C=N–C) groups is 2. The van der Waals surface area contributed by atoms with Gasteiger partial charge in [-0.2, -0.15) is 0 Å². The molecule has 0 saturated carbocycles. The Kier molecular flexibility index (Phi) is 3.28. The van der Waals surface area contributed by atoms with Gasteiger partial charge in [0.05, 0.1) is 17.4 Å². The molecule has 2 aliphatic rings. The first-order valence-corrected chi connectivity index (χ1v) is 7.73. The average Bonchev–Trinajstić information content (AvgIpc) is 2.94. The number of hydrogen-bond donors (Lipinski definition) is 1. The van der Waals surface area contributed by atoms with Crippen LogP contribution in [-0.2, 0) is 0 Å². The number of amidine groups is 1. The molecule has 0 spiro atoms. The number of aliphatic hydroxyl groups is 1. The molecule has 0 bridgehead atoms. The Hall–Kier alpha value is -2.86. The van der Waals surface area contributed by atoms with Crippen LogP contribution in [-0.4, -0.2) is 47.1 Å². The van der Waals surface area contributed by atoms with Crippen molar-refractivity contribution in [3.8, 4) is 0 Å². The van der Waals surface area contributed by atoms with Crippen LogP contribution in [0.4, 0.5) is 11.4 Å². The number of carbonyl (C=O) groups is 1. The fourth-order valence-electron chi connectivity index (χ4n) is 3.26. The lowest BCUT2D eigenvalue weighted by Crippen LogP contribution is -2.48. The molecule has 1 fully saturated rings. The number of fused-ring (bicyclic) bond motifs is 2. The Morgan fingerprint density at radius 2 is 2.25 bits per heavy atom. The number of carbonyl (C=O) groups excluding carboxylic acids is 1. The molecular formula is C18H16N4O2. The van der Waals surface area contributed by atoms with E-state index in [4.69, 9.17) is 0 Å². The van der Waals surface area contributed by atoms with E-state index in [1.807, 2.05) is 29.2 Å². The molecule has 24 heavy (non-hydrogen) atoms. The Bertz CT molecular complexity index is 890. The first kappa shape index (κ1) is 14.7. The van der Waals surface area contributed by atoms with Gasteiger partial charge >= 0.3 is 0 Å². The van der Waals surface area contributed by atoms with E-state index in [1.54, 1.807) is 31.7 Å². The van der Waals surface area contributed by atoms with Gasteiger partial charge in [-0.15, -0.1) is 0 Å². The van der Waals surface area contributed by atoms with E-state index in [-0.39, 0.29) is 5.78 Å². The Labute approximate surface area is 139 Å². The van der Waals surface area contributed by atoms with Gasteiger partial charge in [-0.3, -0.25) is 14.8 Å². The topological polar surface area (TPSA) is 78.1 Å². The molecule has 0 amide bonds. The monoisotopic (exact) mass is 320 g/mol. The summed E-state index contributed by atoms with van der Waals surface area (Å²) in [6.07, 6.45) is 5.18. The summed E-state index contributed by atoms with van der Waals surface area (Å²) < 4.78 is 0. The number of benzene rings is 1. The maximum absolute atomic E-state index is 12.8. The molecule has 1 aromatic heterocycles. The Morgan fingerprint density at radius 1 is 1.38 bits per heavy atom. The van der Waals surface area contributed by atoms with Crippen molar-refractivity contribution in [3.05, 3.63) is 53.9 Å². The highest BCUT2D eigenvalue weighted by atomic mass is 16.3. The highest BCUT2D eigenvalue weighted by Crippen LogP contribution is 2.38. The average molecular weight is 320 g/mol. The number of hydrogen-bond acceptors (Lipinski definition) is 6. The fraction of sp³-hybridized carbons (Fsp3) is 0.222. The molecule has 120 valence electrons. The van der Waals surface area contributed by atoms with Crippen LogP contribution in [0.3, 0.4) is 0 Å². The van der Waals surface area contributed by atoms with E-state index in [0.717, 1.165) is 11.3 Å². The van der Waals surface area contributed by atoms with Crippen LogP contribution in [0.1, 0.15) is 22.3 Å². The van der Waals surface area contributed by atoms with E-state index >= 15 is 0 Å². The van der Waals surface area contributed by atoms with Crippen molar-refractivity contribution in [2.75, 3.05) is 18.5 Å². The van der Waals surface area contributed by atoms with Crippen molar-refractivity contribution in [2.45, 2.75) is 12.0 Å². The molecule has 2 aliphatic heterocycles. The van der Waals surface area contributed by atoms with Crippen molar-refractivity contribution in [1.29, 1.82) is 0 Å². The second-order valence-corrected chi connectivity index (χ2v) is 5.90. The summed E-state index contributed by atoms with van der Waals surface area (Å²) in [6.45, 7) is 0.523. The first-order chi connectivity index (χ1) is 11.6. The molecule has 1 aromatic carbocycles. The molecule has 6 nitrogen and oxygen atoms in total. The summed E-state index contributed by atoms with van der Waals surface area (Å²) in [5.74, 6) is 0.0669. The van der Waals surface area contributed by atoms with E-state index in [1.165, 1.54) is 0 Å². The van der Waals surface area contributed by atoms with E-state index in [9.17, 15) is 9.90 Å². The molecule has 1 N–H and O–H groups in total. The van der Waals surface area contributed by atoms with Crippen LogP contribution in [0.25, 0.3) is 0 Å². The Morgan fingerprint density at radius 3 is 3.08 bits per heavy atom. The summed E-state index contributed by atoms with van der Waals surface area (Å²) in [4.78, 5) is 27.2.